The molecule has 1 heterocycles. The molecule has 0 aliphatic rings. The van der Waals surface area contributed by atoms with Crippen molar-refractivity contribution in [1.82, 2.24) is 0 Å². The first-order valence-corrected chi connectivity index (χ1v) is 6.94. The third-order valence-electron chi connectivity index (χ3n) is 3.33. The lowest BCUT2D eigenvalue weighted by atomic mass is 9.98. The fourth-order valence-electron chi connectivity index (χ4n) is 2.23. The molecular weight excluding hydrogens is 298 g/mol. The number of furan rings is 1. The maximum absolute atomic E-state index is 10.7. The van der Waals surface area contributed by atoms with Crippen molar-refractivity contribution in [3.05, 3.63) is 70.9 Å². The van der Waals surface area contributed by atoms with Gasteiger partial charge in [0.25, 0.3) is 0 Å². The molecule has 1 aromatic heterocycles. The molecule has 0 saturated carbocycles. The van der Waals surface area contributed by atoms with Gasteiger partial charge in [-0.05, 0) is 47.5 Å². The Morgan fingerprint density at radius 3 is 2.36 bits per heavy atom. The van der Waals surface area contributed by atoms with Crippen LogP contribution in [0.25, 0.3) is 22.5 Å². The van der Waals surface area contributed by atoms with Gasteiger partial charge in [0, 0.05) is 10.6 Å². The van der Waals surface area contributed by atoms with Gasteiger partial charge in [-0.15, -0.1) is 0 Å². The van der Waals surface area contributed by atoms with Crippen LogP contribution in [0.1, 0.15) is 16.1 Å². The molecule has 0 fully saturated rings. The average molecular weight is 308 g/mol. The van der Waals surface area contributed by atoms with Gasteiger partial charge in [-0.2, -0.15) is 5.26 Å². The highest BCUT2D eigenvalue weighted by Gasteiger charge is 2.11. The van der Waals surface area contributed by atoms with Crippen LogP contribution in [-0.2, 0) is 0 Å². The van der Waals surface area contributed by atoms with Crippen LogP contribution in [0.3, 0.4) is 0 Å². The average Bonchev–Trinajstić information content (AvgIpc) is 3.04. The lowest BCUT2D eigenvalue weighted by Gasteiger charge is -2.06. The molecular formula is C18H10ClNO2. The first-order valence-electron chi connectivity index (χ1n) is 6.57. The third kappa shape index (κ3) is 2.65. The van der Waals surface area contributed by atoms with Gasteiger partial charge in [-0.1, -0.05) is 29.8 Å². The minimum absolute atomic E-state index is 0.237. The van der Waals surface area contributed by atoms with Crippen LogP contribution < -0.4 is 0 Å². The van der Waals surface area contributed by atoms with E-state index in [4.69, 9.17) is 16.0 Å². The van der Waals surface area contributed by atoms with E-state index in [9.17, 15) is 10.1 Å². The molecule has 22 heavy (non-hydrogen) atoms. The second-order valence-corrected chi connectivity index (χ2v) is 5.14. The Labute approximate surface area is 132 Å². The van der Waals surface area contributed by atoms with Crippen LogP contribution in [0.4, 0.5) is 0 Å². The van der Waals surface area contributed by atoms with Crippen LogP contribution in [0.15, 0.2) is 59.0 Å². The van der Waals surface area contributed by atoms with Gasteiger partial charge in [-0.3, -0.25) is 4.79 Å². The molecule has 0 N–H and O–H groups in total. The first-order chi connectivity index (χ1) is 10.7. The summed E-state index contributed by atoms with van der Waals surface area (Å²) in [6.45, 7) is 0. The predicted octanol–water partition coefficient (Wildman–Crippen LogP) is 4.95. The smallest absolute Gasteiger partial charge is 0.185 e. The fraction of sp³-hybridized carbons (Fsp3) is 0. The molecule has 0 amide bonds. The van der Waals surface area contributed by atoms with Crippen molar-refractivity contribution in [2.75, 3.05) is 0 Å². The highest BCUT2D eigenvalue weighted by Crippen LogP contribution is 2.30. The van der Waals surface area contributed by atoms with Crippen molar-refractivity contribution in [3.8, 4) is 28.5 Å². The number of nitrogens with zero attached hydrogens (tertiary/aromatic N) is 1. The molecule has 4 heteroatoms. The quantitative estimate of drug-likeness (QED) is 0.643. The van der Waals surface area contributed by atoms with E-state index >= 15 is 0 Å². The molecule has 2 aromatic carbocycles. The Balaban J connectivity index is 2.06. The molecule has 3 rings (SSSR count). The molecule has 0 atom stereocenters. The van der Waals surface area contributed by atoms with Gasteiger partial charge in [-0.25, -0.2) is 0 Å². The zero-order valence-corrected chi connectivity index (χ0v) is 12.2. The van der Waals surface area contributed by atoms with Gasteiger partial charge in [0.2, 0.25) is 0 Å². The zero-order chi connectivity index (χ0) is 15.5. The predicted molar refractivity (Wildman–Crippen MR) is 84.7 cm³/mol. The zero-order valence-electron chi connectivity index (χ0n) is 11.4. The summed E-state index contributed by atoms with van der Waals surface area (Å²) in [4.78, 5) is 10.7. The number of halogens is 1. The summed E-state index contributed by atoms with van der Waals surface area (Å²) in [5.74, 6) is 0.738. The van der Waals surface area contributed by atoms with E-state index in [1.807, 2.05) is 24.3 Å². The molecule has 0 aliphatic heterocycles. The van der Waals surface area contributed by atoms with Crippen LogP contribution in [-0.4, -0.2) is 6.29 Å². The largest absolute Gasteiger partial charge is 0.453 e. The van der Waals surface area contributed by atoms with Crippen molar-refractivity contribution in [1.29, 1.82) is 5.26 Å². The van der Waals surface area contributed by atoms with E-state index in [0.717, 1.165) is 11.1 Å². The minimum Gasteiger partial charge on any atom is -0.453 e. The summed E-state index contributed by atoms with van der Waals surface area (Å²) in [7, 11) is 0. The molecule has 0 saturated heterocycles. The summed E-state index contributed by atoms with van der Waals surface area (Å²) >= 11 is 5.89. The standard InChI is InChI=1S/C18H10ClNO2/c19-15-4-1-12(2-5-15)13-3-7-17(14(9-13)10-20)18-8-6-16(11-21)22-18/h1-9,11H. The van der Waals surface area contributed by atoms with Crippen LogP contribution in [0.5, 0.6) is 0 Å². The third-order valence-corrected chi connectivity index (χ3v) is 3.58. The summed E-state index contributed by atoms with van der Waals surface area (Å²) in [6, 6.07) is 18.4. The summed E-state index contributed by atoms with van der Waals surface area (Å²) in [5, 5.41) is 10.0. The van der Waals surface area contributed by atoms with Crippen molar-refractivity contribution in [2.24, 2.45) is 0 Å². The lowest BCUT2D eigenvalue weighted by Crippen LogP contribution is -1.85. The SMILES string of the molecule is N#Cc1cc(-c2ccc(Cl)cc2)ccc1-c1ccc(C=O)o1. The molecule has 106 valence electrons. The number of carbonyl (C=O) groups excluding carboxylic acids is 1. The van der Waals surface area contributed by atoms with Gasteiger partial charge in [0.15, 0.2) is 12.0 Å². The Morgan fingerprint density at radius 2 is 1.73 bits per heavy atom. The van der Waals surface area contributed by atoms with Gasteiger partial charge < -0.3 is 4.42 Å². The fourth-order valence-corrected chi connectivity index (χ4v) is 2.36. The maximum Gasteiger partial charge on any atom is 0.185 e. The highest BCUT2D eigenvalue weighted by molar-refractivity contribution is 6.30. The monoisotopic (exact) mass is 307 g/mol. The Hall–Kier alpha value is -2.83. The molecule has 0 spiro atoms. The first kappa shape index (κ1) is 14.1. The van der Waals surface area contributed by atoms with E-state index in [1.54, 1.807) is 30.3 Å². The number of carbonyl (C=O) groups is 1. The minimum atomic E-state index is 0.237. The normalized spacial score (nSPS) is 10.2. The van der Waals surface area contributed by atoms with Gasteiger partial charge in [0.1, 0.15) is 5.76 Å². The lowest BCUT2D eigenvalue weighted by molar-refractivity contribution is 0.110. The van der Waals surface area contributed by atoms with Gasteiger partial charge >= 0.3 is 0 Å². The Kier molecular flexibility index (Phi) is 3.78. The topological polar surface area (TPSA) is 54.0 Å². The molecule has 0 bridgehead atoms. The maximum atomic E-state index is 10.7. The Bertz CT molecular complexity index is 873. The van der Waals surface area contributed by atoms with Crippen molar-refractivity contribution in [2.45, 2.75) is 0 Å². The van der Waals surface area contributed by atoms with E-state index in [-0.39, 0.29) is 5.76 Å². The van der Waals surface area contributed by atoms with Gasteiger partial charge in [0.05, 0.1) is 11.6 Å². The van der Waals surface area contributed by atoms with E-state index in [0.29, 0.717) is 28.2 Å². The van der Waals surface area contributed by atoms with Crippen LogP contribution in [0.2, 0.25) is 5.02 Å². The second kappa shape index (κ2) is 5.88. The van der Waals surface area contributed by atoms with Crippen molar-refractivity contribution >= 4 is 17.9 Å². The number of hydrogen-bond donors (Lipinski definition) is 0. The molecule has 0 unspecified atom stereocenters. The number of rotatable bonds is 3. The second-order valence-electron chi connectivity index (χ2n) is 4.70. The number of nitriles is 1. The Morgan fingerprint density at radius 1 is 1.00 bits per heavy atom. The van der Waals surface area contributed by atoms with Crippen molar-refractivity contribution < 1.29 is 9.21 Å². The van der Waals surface area contributed by atoms with E-state index in [2.05, 4.69) is 6.07 Å². The summed E-state index contributed by atoms with van der Waals surface area (Å²) in [5.41, 5.74) is 3.03. The number of aldehydes is 1. The molecule has 3 aromatic rings. The van der Waals surface area contributed by atoms with E-state index in [1.165, 1.54) is 0 Å². The van der Waals surface area contributed by atoms with Crippen LogP contribution in [0, 0.1) is 11.3 Å². The summed E-state index contributed by atoms with van der Waals surface area (Å²) < 4.78 is 5.39. The van der Waals surface area contributed by atoms with Crippen molar-refractivity contribution in [3.63, 3.8) is 0 Å². The molecule has 0 aliphatic carbocycles. The molecule has 0 radical (unpaired) electrons. The number of benzene rings is 2. The number of hydrogen-bond acceptors (Lipinski definition) is 3. The summed E-state index contributed by atoms with van der Waals surface area (Å²) in [6.07, 6.45) is 0.637. The van der Waals surface area contributed by atoms with E-state index < -0.39 is 0 Å². The highest BCUT2D eigenvalue weighted by atomic mass is 35.5. The van der Waals surface area contributed by atoms with Crippen LogP contribution >= 0.6 is 11.6 Å². The molecule has 3 nitrogen and oxygen atoms in total.